The molecule has 4 amide bonds. The van der Waals surface area contributed by atoms with Crippen LogP contribution in [0.4, 0.5) is 11.4 Å². The van der Waals surface area contributed by atoms with Crippen molar-refractivity contribution in [2.75, 3.05) is 9.80 Å². The van der Waals surface area contributed by atoms with Crippen LogP contribution in [0.2, 0.25) is 0 Å². The van der Waals surface area contributed by atoms with Crippen LogP contribution in [-0.4, -0.2) is 23.6 Å². The van der Waals surface area contributed by atoms with Crippen molar-refractivity contribution in [2.45, 2.75) is 41.5 Å². The molecule has 0 saturated carbocycles. The molecule has 2 aromatic carbocycles. The highest BCUT2D eigenvalue weighted by Crippen LogP contribution is 2.31. The Bertz CT molecular complexity index is 871. The zero-order valence-electron chi connectivity index (χ0n) is 17.0. The predicted molar refractivity (Wildman–Crippen MR) is 109 cm³/mol. The summed E-state index contributed by atoms with van der Waals surface area (Å²) in [6.07, 6.45) is 0. The molecule has 6 heteroatoms. The van der Waals surface area contributed by atoms with Gasteiger partial charge in [-0.15, -0.1) is 0 Å². The van der Waals surface area contributed by atoms with Crippen molar-refractivity contribution >= 4 is 35.0 Å². The highest BCUT2D eigenvalue weighted by atomic mass is 16.2. The van der Waals surface area contributed by atoms with Gasteiger partial charge < -0.3 is 0 Å². The van der Waals surface area contributed by atoms with Gasteiger partial charge in [-0.25, -0.2) is 0 Å². The minimum atomic E-state index is -0.336. The Morgan fingerprint density at radius 2 is 0.857 bits per heavy atom. The second-order valence-corrected chi connectivity index (χ2v) is 6.75. The summed E-state index contributed by atoms with van der Waals surface area (Å²) in [5.41, 5.74) is 4.49. The molecule has 0 atom stereocenters. The molecule has 0 radical (unpaired) electrons. The first-order valence-corrected chi connectivity index (χ1v) is 8.88. The molecule has 6 nitrogen and oxygen atoms in total. The predicted octanol–water partition coefficient (Wildman–Crippen LogP) is 3.77. The van der Waals surface area contributed by atoms with E-state index < -0.39 is 0 Å². The van der Waals surface area contributed by atoms with Crippen LogP contribution >= 0.6 is 0 Å². The lowest BCUT2D eigenvalue weighted by Gasteiger charge is -2.21. The molecule has 0 fully saturated rings. The van der Waals surface area contributed by atoms with E-state index in [9.17, 15) is 19.2 Å². The fourth-order valence-electron chi connectivity index (χ4n) is 3.29. The van der Waals surface area contributed by atoms with Gasteiger partial charge in [0.1, 0.15) is 0 Å². The molecular formula is C22H24N2O4. The number of carbonyl (C=O) groups is 4. The van der Waals surface area contributed by atoms with E-state index in [2.05, 4.69) is 0 Å². The van der Waals surface area contributed by atoms with E-state index in [4.69, 9.17) is 0 Å². The zero-order valence-corrected chi connectivity index (χ0v) is 17.0. The van der Waals surface area contributed by atoms with Gasteiger partial charge in [0, 0.05) is 27.7 Å². The highest BCUT2D eigenvalue weighted by molar-refractivity contribution is 6.14. The first-order valence-electron chi connectivity index (χ1n) is 8.88. The Labute approximate surface area is 164 Å². The number of benzene rings is 2. The number of aryl methyl sites for hydroxylation is 2. The van der Waals surface area contributed by atoms with Crippen molar-refractivity contribution in [1.82, 2.24) is 0 Å². The molecule has 0 aliphatic heterocycles. The number of nitrogens with zero attached hydrogens (tertiary/aromatic N) is 2. The molecule has 0 bridgehead atoms. The SMILES string of the molecule is CC(=O)N(C(C)=O)c1ccc(-c2ccc(N(C(C)=O)C(C)=O)c(C)c2)cc1C. The molecule has 0 spiro atoms. The number of amides is 4. The molecule has 2 rings (SSSR count). The van der Waals surface area contributed by atoms with E-state index in [1.54, 1.807) is 12.1 Å². The van der Waals surface area contributed by atoms with Gasteiger partial charge in [-0.05, 0) is 60.4 Å². The Morgan fingerprint density at radius 1 is 0.571 bits per heavy atom. The van der Waals surface area contributed by atoms with Crippen molar-refractivity contribution in [2.24, 2.45) is 0 Å². The standard InChI is InChI=1S/C22H24N2O4/c1-13-11-19(7-9-21(13)23(15(3)25)16(4)26)20-8-10-22(14(2)12-20)24(17(5)27)18(6)28/h7-12H,1-6H3. The molecule has 0 unspecified atom stereocenters. The summed E-state index contributed by atoms with van der Waals surface area (Å²) in [5, 5.41) is 0. The smallest absolute Gasteiger partial charge is 0.230 e. The van der Waals surface area contributed by atoms with Crippen molar-refractivity contribution in [3.8, 4) is 11.1 Å². The third-order valence-corrected chi connectivity index (χ3v) is 4.47. The van der Waals surface area contributed by atoms with Gasteiger partial charge >= 0.3 is 0 Å². The summed E-state index contributed by atoms with van der Waals surface area (Å²) < 4.78 is 0. The lowest BCUT2D eigenvalue weighted by atomic mass is 9.99. The molecule has 2 aromatic rings. The molecule has 0 saturated heterocycles. The second-order valence-electron chi connectivity index (χ2n) is 6.75. The molecule has 0 aliphatic carbocycles. The molecule has 0 aromatic heterocycles. The van der Waals surface area contributed by atoms with Gasteiger partial charge in [0.05, 0.1) is 11.4 Å². The van der Waals surface area contributed by atoms with Crippen molar-refractivity contribution in [3.63, 3.8) is 0 Å². The van der Waals surface area contributed by atoms with Gasteiger partial charge in [-0.3, -0.25) is 29.0 Å². The zero-order chi connectivity index (χ0) is 21.2. The summed E-state index contributed by atoms with van der Waals surface area (Å²) >= 11 is 0. The average molecular weight is 380 g/mol. The Kier molecular flexibility index (Phi) is 6.13. The van der Waals surface area contributed by atoms with E-state index in [1.807, 2.05) is 38.1 Å². The monoisotopic (exact) mass is 380 g/mol. The van der Waals surface area contributed by atoms with Crippen LogP contribution in [0.25, 0.3) is 11.1 Å². The number of anilines is 2. The van der Waals surface area contributed by atoms with E-state index >= 15 is 0 Å². The van der Waals surface area contributed by atoms with Crippen LogP contribution < -0.4 is 9.80 Å². The average Bonchev–Trinajstić information content (AvgIpc) is 2.57. The van der Waals surface area contributed by atoms with E-state index in [1.165, 1.54) is 27.7 Å². The summed E-state index contributed by atoms with van der Waals surface area (Å²) in [4.78, 5) is 49.5. The lowest BCUT2D eigenvalue weighted by Crippen LogP contribution is -2.33. The van der Waals surface area contributed by atoms with Gasteiger partial charge in [0.15, 0.2) is 0 Å². The second kappa shape index (κ2) is 8.17. The van der Waals surface area contributed by atoms with Crippen LogP contribution in [-0.2, 0) is 19.2 Å². The first-order chi connectivity index (χ1) is 13.0. The maximum absolute atomic E-state index is 11.8. The number of imide groups is 2. The third kappa shape index (κ3) is 4.17. The van der Waals surface area contributed by atoms with Crippen LogP contribution in [0.5, 0.6) is 0 Å². The fraction of sp³-hybridized carbons (Fsp3) is 0.273. The van der Waals surface area contributed by atoms with Crippen molar-refractivity contribution in [3.05, 3.63) is 47.5 Å². The molecule has 28 heavy (non-hydrogen) atoms. The summed E-state index contributed by atoms with van der Waals surface area (Å²) in [7, 11) is 0. The summed E-state index contributed by atoms with van der Waals surface area (Å²) in [6, 6.07) is 11.0. The summed E-state index contributed by atoms with van der Waals surface area (Å²) in [5.74, 6) is -1.34. The third-order valence-electron chi connectivity index (χ3n) is 4.47. The van der Waals surface area contributed by atoms with Crippen molar-refractivity contribution < 1.29 is 19.2 Å². The Hall–Kier alpha value is -3.28. The number of hydrogen-bond donors (Lipinski definition) is 0. The van der Waals surface area contributed by atoms with Crippen LogP contribution in [0.3, 0.4) is 0 Å². The minimum Gasteiger partial charge on any atom is -0.274 e. The van der Waals surface area contributed by atoms with E-state index in [0.29, 0.717) is 11.4 Å². The van der Waals surface area contributed by atoms with Gasteiger partial charge in [-0.1, -0.05) is 12.1 Å². The fourth-order valence-corrected chi connectivity index (χ4v) is 3.29. The summed E-state index contributed by atoms with van der Waals surface area (Å²) in [6.45, 7) is 9.09. The maximum atomic E-state index is 11.8. The van der Waals surface area contributed by atoms with Crippen molar-refractivity contribution in [1.29, 1.82) is 0 Å². The normalized spacial score (nSPS) is 10.4. The van der Waals surface area contributed by atoms with E-state index in [-0.39, 0.29) is 23.6 Å². The van der Waals surface area contributed by atoms with Crippen LogP contribution in [0.15, 0.2) is 36.4 Å². The quantitative estimate of drug-likeness (QED) is 0.812. The molecular weight excluding hydrogens is 356 g/mol. The van der Waals surface area contributed by atoms with Gasteiger partial charge in [-0.2, -0.15) is 0 Å². The molecule has 0 heterocycles. The number of hydrogen-bond acceptors (Lipinski definition) is 4. The molecule has 0 N–H and O–H groups in total. The molecule has 146 valence electrons. The van der Waals surface area contributed by atoms with Crippen LogP contribution in [0.1, 0.15) is 38.8 Å². The molecule has 0 aliphatic rings. The minimum absolute atomic E-state index is 0.336. The Morgan fingerprint density at radius 3 is 1.07 bits per heavy atom. The lowest BCUT2D eigenvalue weighted by molar-refractivity contribution is -0.125. The highest BCUT2D eigenvalue weighted by Gasteiger charge is 2.20. The van der Waals surface area contributed by atoms with Gasteiger partial charge in [0.2, 0.25) is 23.6 Å². The van der Waals surface area contributed by atoms with Crippen LogP contribution in [0, 0.1) is 13.8 Å². The topological polar surface area (TPSA) is 74.8 Å². The first kappa shape index (κ1) is 21.0. The van der Waals surface area contributed by atoms with Gasteiger partial charge in [0.25, 0.3) is 0 Å². The largest absolute Gasteiger partial charge is 0.274 e. The van der Waals surface area contributed by atoms with E-state index in [0.717, 1.165) is 32.1 Å². The maximum Gasteiger partial charge on any atom is 0.230 e. The number of rotatable bonds is 3. The number of carbonyl (C=O) groups excluding carboxylic acids is 4. The Balaban J connectivity index is 2.47.